The molecule has 1 aliphatic rings. The summed E-state index contributed by atoms with van der Waals surface area (Å²) in [6.45, 7) is 6.16. The van der Waals surface area contributed by atoms with E-state index < -0.39 is 0 Å². The molecule has 104 valence electrons. The monoisotopic (exact) mass is 262 g/mol. The highest BCUT2D eigenvalue weighted by atomic mass is 16.5. The van der Waals surface area contributed by atoms with E-state index in [0.717, 1.165) is 30.8 Å². The molecule has 4 heteroatoms. The van der Waals surface area contributed by atoms with E-state index in [1.54, 1.807) is 0 Å². The first-order chi connectivity index (χ1) is 9.15. The molecule has 2 unspecified atom stereocenters. The molecule has 4 nitrogen and oxygen atoms in total. The summed E-state index contributed by atoms with van der Waals surface area (Å²) in [5, 5.41) is 6.14. The smallest absolute Gasteiger partial charge is 0.250 e. The molecule has 0 bridgehead atoms. The zero-order valence-corrected chi connectivity index (χ0v) is 11.6. The van der Waals surface area contributed by atoms with Crippen molar-refractivity contribution in [2.75, 3.05) is 25.0 Å². The molecule has 2 N–H and O–H groups in total. The number of piperidine rings is 1. The van der Waals surface area contributed by atoms with E-state index in [9.17, 15) is 4.79 Å². The Labute approximate surface area is 114 Å². The molecule has 0 saturated carbocycles. The third-order valence-corrected chi connectivity index (χ3v) is 3.49. The van der Waals surface area contributed by atoms with Gasteiger partial charge in [0.25, 0.3) is 0 Å². The van der Waals surface area contributed by atoms with Crippen molar-refractivity contribution in [3.05, 3.63) is 29.8 Å². The lowest BCUT2D eigenvalue weighted by molar-refractivity contribution is -0.124. The van der Waals surface area contributed by atoms with Crippen LogP contribution in [0.3, 0.4) is 0 Å². The Bertz CT molecular complexity index is 434. The lowest BCUT2D eigenvalue weighted by atomic mass is 9.97. The van der Waals surface area contributed by atoms with Crippen molar-refractivity contribution in [2.45, 2.75) is 26.4 Å². The van der Waals surface area contributed by atoms with Crippen LogP contribution < -0.4 is 10.6 Å². The van der Waals surface area contributed by atoms with Gasteiger partial charge in [-0.2, -0.15) is 0 Å². The molecule has 0 radical (unpaired) electrons. The Morgan fingerprint density at radius 2 is 2.37 bits per heavy atom. The third kappa shape index (κ3) is 4.33. The maximum atomic E-state index is 11.8. The fourth-order valence-corrected chi connectivity index (χ4v) is 2.29. The van der Waals surface area contributed by atoms with E-state index in [1.807, 2.05) is 31.2 Å². The zero-order chi connectivity index (χ0) is 13.7. The van der Waals surface area contributed by atoms with Crippen LogP contribution in [-0.4, -0.2) is 31.7 Å². The molecule has 1 aliphatic heterocycles. The van der Waals surface area contributed by atoms with Gasteiger partial charge in [-0.3, -0.25) is 4.79 Å². The maximum absolute atomic E-state index is 11.8. The first-order valence-electron chi connectivity index (χ1n) is 6.84. The maximum Gasteiger partial charge on any atom is 0.250 e. The molecular weight excluding hydrogens is 240 g/mol. The number of hydrogen-bond donors (Lipinski definition) is 2. The van der Waals surface area contributed by atoms with E-state index in [0.29, 0.717) is 5.92 Å². The van der Waals surface area contributed by atoms with Crippen molar-refractivity contribution >= 4 is 11.6 Å². The Balaban J connectivity index is 1.78. The Kier molecular flexibility index (Phi) is 4.93. The number of anilines is 1. The van der Waals surface area contributed by atoms with E-state index >= 15 is 0 Å². The molecule has 0 spiro atoms. The number of nitrogens with one attached hydrogen (secondary N) is 2. The summed E-state index contributed by atoms with van der Waals surface area (Å²) in [7, 11) is 0. The van der Waals surface area contributed by atoms with Gasteiger partial charge in [-0.1, -0.05) is 19.1 Å². The number of aryl methyl sites for hydroxylation is 1. The summed E-state index contributed by atoms with van der Waals surface area (Å²) in [5.74, 6) is 0.413. The van der Waals surface area contributed by atoms with Crippen molar-refractivity contribution < 1.29 is 9.53 Å². The van der Waals surface area contributed by atoms with Crippen LogP contribution in [0, 0.1) is 12.8 Å². The number of hydrogen-bond acceptors (Lipinski definition) is 3. The number of rotatable bonds is 4. The molecule has 19 heavy (non-hydrogen) atoms. The first-order valence-corrected chi connectivity index (χ1v) is 6.84. The van der Waals surface area contributed by atoms with Gasteiger partial charge in [0.15, 0.2) is 0 Å². The van der Waals surface area contributed by atoms with Gasteiger partial charge >= 0.3 is 0 Å². The normalized spacial score (nSPS) is 23.1. The van der Waals surface area contributed by atoms with Crippen LogP contribution in [-0.2, 0) is 9.53 Å². The van der Waals surface area contributed by atoms with Crippen LogP contribution in [0.4, 0.5) is 5.69 Å². The highest BCUT2D eigenvalue weighted by Gasteiger charge is 2.22. The summed E-state index contributed by atoms with van der Waals surface area (Å²) < 4.78 is 5.68. The predicted octanol–water partition coefficient (Wildman–Crippen LogP) is 1.95. The summed E-state index contributed by atoms with van der Waals surface area (Å²) in [5.41, 5.74) is 1.95. The Hall–Kier alpha value is -1.39. The largest absolute Gasteiger partial charge is 0.367 e. The molecule has 1 fully saturated rings. The second-order valence-corrected chi connectivity index (χ2v) is 5.24. The van der Waals surface area contributed by atoms with Crippen molar-refractivity contribution in [1.29, 1.82) is 0 Å². The van der Waals surface area contributed by atoms with E-state index in [2.05, 4.69) is 17.6 Å². The molecule has 1 saturated heterocycles. The van der Waals surface area contributed by atoms with Gasteiger partial charge in [0.05, 0.1) is 6.10 Å². The zero-order valence-electron chi connectivity index (χ0n) is 11.6. The van der Waals surface area contributed by atoms with Gasteiger partial charge in [0, 0.05) is 12.2 Å². The molecule has 2 rings (SSSR count). The number of carbonyl (C=O) groups is 1. The second kappa shape index (κ2) is 6.68. The molecule has 1 amide bonds. The lowest BCUT2D eigenvalue weighted by Crippen LogP contribution is -2.42. The van der Waals surface area contributed by atoms with Crippen molar-refractivity contribution in [1.82, 2.24) is 5.32 Å². The summed E-state index contributed by atoms with van der Waals surface area (Å²) in [6.07, 6.45) is 1.24. The van der Waals surface area contributed by atoms with Crippen LogP contribution in [0.15, 0.2) is 24.3 Å². The topological polar surface area (TPSA) is 50.4 Å². The van der Waals surface area contributed by atoms with Gasteiger partial charge in [0.1, 0.15) is 6.61 Å². The molecule has 2 atom stereocenters. The molecule has 1 aromatic carbocycles. The SMILES string of the molecule is Cc1cccc(NC(=O)COC2CNCCC2C)c1. The van der Waals surface area contributed by atoms with Gasteiger partial charge in [0.2, 0.25) is 5.91 Å². The van der Waals surface area contributed by atoms with Crippen LogP contribution in [0.1, 0.15) is 18.9 Å². The average molecular weight is 262 g/mol. The van der Waals surface area contributed by atoms with E-state index in [1.165, 1.54) is 0 Å². The highest BCUT2D eigenvalue weighted by Crippen LogP contribution is 2.15. The minimum Gasteiger partial charge on any atom is -0.367 e. The van der Waals surface area contributed by atoms with Crippen LogP contribution >= 0.6 is 0 Å². The molecule has 0 aromatic heterocycles. The quantitative estimate of drug-likeness (QED) is 0.872. The molecule has 1 aromatic rings. The number of amides is 1. The highest BCUT2D eigenvalue weighted by molar-refractivity contribution is 5.91. The predicted molar refractivity (Wildman–Crippen MR) is 76.2 cm³/mol. The first kappa shape index (κ1) is 14.0. The third-order valence-electron chi connectivity index (χ3n) is 3.49. The van der Waals surface area contributed by atoms with Gasteiger partial charge in [-0.15, -0.1) is 0 Å². The van der Waals surface area contributed by atoms with Gasteiger partial charge < -0.3 is 15.4 Å². The van der Waals surface area contributed by atoms with E-state index in [-0.39, 0.29) is 18.6 Å². The fourth-order valence-electron chi connectivity index (χ4n) is 2.29. The number of carbonyl (C=O) groups excluding carboxylic acids is 1. The van der Waals surface area contributed by atoms with Crippen LogP contribution in [0.5, 0.6) is 0 Å². The van der Waals surface area contributed by atoms with Crippen LogP contribution in [0.25, 0.3) is 0 Å². The Morgan fingerprint density at radius 3 is 3.11 bits per heavy atom. The fraction of sp³-hybridized carbons (Fsp3) is 0.533. The minimum atomic E-state index is -0.0941. The molecule has 1 heterocycles. The van der Waals surface area contributed by atoms with Crippen molar-refractivity contribution in [3.8, 4) is 0 Å². The Morgan fingerprint density at radius 1 is 1.53 bits per heavy atom. The molecular formula is C15H22N2O2. The summed E-state index contributed by atoms with van der Waals surface area (Å²) >= 11 is 0. The van der Waals surface area contributed by atoms with Crippen molar-refractivity contribution in [2.24, 2.45) is 5.92 Å². The summed E-state index contributed by atoms with van der Waals surface area (Å²) in [4.78, 5) is 11.8. The van der Waals surface area contributed by atoms with Crippen LogP contribution in [0.2, 0.25) is 0 Å². The summed E-state index contributed by atoms with van der Waals surface area (Å²) in [6, 6.07) is 7.76. The number of ether oxygens (including phenoxy) is 1. The van der Waals surface area contributed by atoms with Gasteiger partial charge in [-0.25, -0.2) is 0 Å². The molecule has 0 aliphatic carbocycles. The lowest BCUT2D eigenvalue weighted by Gasteiger charge is -2.29. The average Bonchev–Trinajstić information content (AvgIpc) is 2.38. The second-order valence-electron chi connectivity index (χ2n) is 5.24. The standard InChI is InChI=1S/C15H22N2O2/c1-11-4-3-5-13(8-11)17-15(18)10-19-14-9-16-7-6-12(14)2/h3-5,8,12,14,16H,6-7,9-10H2,1-2H3,(H,17,18). The minimum absolute atomic E-state index is 0.0941. The van der Waals surface area contributed by atoms with E-state index in [4.69, 9.17) is 4.74 Å². The van der Waals surface area contributed by atoms with Crippen molar-refractivity contribution in [3.63, 3.8) is 0 Å². The van der Waals surface area contributed by atoms with Gasteiger partial charge in [-0.05, 0) is 43.5 Å². The number of benzene rings is 1.